The molecule has 244 valence electrons. The second-order valence-corrected chi connectivity index (χ2v) is 12.7. The monoisotopic (exact) mass is 823 g/mol. The summed E-state index contributed by atoms with van der Waals surface area (Å²) in [4.78, 5) is 9.50. The van der Waals surface area contributed by atoms with Crippen LogP contribution in [-0.4, -0.2) is 21.2 Å². The van der Waals surface area contributed by atoms with Crippen molar-refractivity contribution in [2.24, 2.45) is 7.05 Å². The second kappa shape index (κ2) is 11.8. The largest absolute Gasteiger partial charge is 0.504 e. The summed E-state index contributed by atoms with van der Waals surface area (Å²) in [6.45, 7) is 2.13. The molecule has 3 heterocycles. The molecule has 2 aromatic heterocycles. The minimum Gasteiger partial charge on any atom is -0.504 e. The van der Waals surface area contributed by atoms with Gasteiger partial charge >= 0.3 is 0 Å². The van der Waals surface area contributed by atoms with E-state index in [9.17, 15) is 0 Å². The van der Waals surface area contributed by atoms with Gasteiger partial charge in [0.25, 0.3) is 0 Å². The van der Waals surface area contributed by atoms with Crippen LogP contribution < -0.4 is 9.80 Å². The summed E-state index contributed by atoms with van der Waals surface area (Å²) in [5, 5.41) is 4.79. The van der Waals surface area contributed by atoms with E-state index in [2.05, 4.69) is 185 Å². The smallest absolute Gasteiger partial charge is 0.0770 e. The molecule has 1 aliphatic rings. The van der Waals surface area contributed by atoms with E-state index in [1.54, 1.807) is 0 Å². The summed E-state index contributed by atoms with van der Waals surface area (Å²) in [5.41, 5.74) is 11.6. The summed E-state index contributed by atoms with van der Waals surface area (Å²) < 4.78 is 4.51. The SMILES string of the molecule is CN1[CH-]N(c2[c-]c(-n3c4[c-]c(-c5nc6ccccc6n5C)cc(-c5ccccc5)c4c4c5ccccc5ccc43)ccc2)c2ccccc21.[Pt]. The van der Waals surface area contributed by atoms with Gasteiger partial charge in [-0.25, -0.2) is 0 Å². The fourth-order valence-electron chi connectivity index (χ4n) is 7.59. The van der Waals surface area contributed by atoms with Crippen molar-refractivity contribution in [1.29, 1.82) is 0 Å². The van der Waals surface area contributed by atoms with Crippen molar-refractivity contribution in [3.05, 3.63) is 158 Å². The summed E-state index contributed by atoms with van der Waals surface area (Å²) in [5.74, 6) is 0.881. The molecule has 1 aliphatic heterocycles. The van der Waals surface area contributed by atoms with Crippen LogP contribution in [0, 0.1) is 18.8 Å². The molecule has 0 fully saturated rings. The van der Waals surface area contributed by atoms with E-state index in [1.807, 2.05) is 6.07 Å². The quantitative estimate of drug-likeness (QED) is 0.166. The Bertz CT molecular complexity index is 2740. The number of aromatic nitrogens is 3. The minimum atomic E-state index is 0. The Balaban J connectivity index is 0.00000336. The molecule has 0 spiro atoms. The van der Waals surface area contributed by atoms with Crippen molar-refractivity contribution in [3.63, 3.8) is 0 Å². The van der Waals surface area contributed by atoms with Crippen molar-refractivity contribution >= 4 is 60.7 Å². The number of anilines is 3. The molecule has 10 rings (SSSR count). The van der Waals surface area contributed by atoms with Crippen molar-refractivity contribution in [1.82, 2.24) is 14.1 Å². The predicted molar refractivity (Wildman–Crippen MR) is 202 cm³/mol. The molecule has 0 aliphatic carbocycles. The Morgan fingerprint density at radius 2 is 1.36 bits per heavy atom. The first-order valence-corrected chi connectivity index (χ1v) is 16.5. The number of imidazole rings is 1. The molecule has 0 atom stereocenters. The molecular weight excluding hydrogens is 794 g/mol. The number of hydrogen-bond acceptors (Lipinski definition) is 3. The minimum absolute atomic E-state index is 0. The Hall–Kier alpha value is -5.64. The predicted octanol–water partition coefficient (Wildman–Crippen LogP) is 10.5. The molecule has 0 bridgehead atoms. The molecular formula is C44H30N5Pt-3. The zero-order valence-corrected chi connectivity index (χ0v) is 29.7. The normalized spacial score (nSPS) is 12.7. The van der Waals surface area contributed by atoms with Gasteiger partial charge in [-0.05, 0) is 64.6 Å². The van der Waals surface area contributed by atoms with E-state index < -0.39 is 0 Å². The number of nitrogens with zero attached hydrogens (tertiary/aromatic N) is 5. The van der Waals surface area contributed by atoms with Gasteiger partial charge in [-0.2, -0.15) is 12.7 Å². The van der Waals surface area contributed by atoms with Crippen LogP contribution in [0.2, 0.25) is 0 Å². The molecule has 7 aromatic carbocycles. The number of rotatable bonds is 4. The fourth-order valence-corrected chi connectivity index (χ4v) is 7.59. The Morgan fingerprint density at radius 1 is 0.620 bits per heavy atom. The summed E-state index contributed by atoms with van der Waals surface area (Å²) in [7, 11) is 4.18. The molecule has 0 amide bonds. The van der Waals surface area contributed by atoms with Crippen LogP contribution in [0.15, 0.2) is 140 Å². The first-order valence-electron chi connectivity index (χ1n) is 16.5. The van der Waals surface area contributed by atoms with E-state index >= 15 is 0 Å². The zero-order chi connectivity index (χ0) is 32.6. The van der Waals surface area contributed by atoms with Crippen LogP contribution in [0.25, 0.3) is 71.8 Å². The van der Waals surface area contributed by atoms with Crippen LogP contribution >= 0.6 is 0 Å². The molecule has 0 N–H and O–H groups in total. The van der Waals surface area contributed by atoms with Crippen LogP contribution in [0.5, 0.6) is 0 Å². The summed E-state index contributed by atoms with van der Waals surface area (Å²) >= 11 is 0. The summed E-state index contributed by atoms with van der Waals surface area (Å²) in [6.07, 6.45) is 0. The standard InChI is InChI=1S/C44H30N5.Pt/c1-46-28-48(39-22-11-10-21-38(39)46)32-16-12-17-33(27-32)49-40-24-23-30-15-6-7-18-34(30)42(40)43-35(29-13-4-3-5-14-29)25-31(26-41(43)49)44-45-36-19-8-9-20-37(36)47(44)2;/h3-25,28H,1-2H3;/q-3;. The van der Waals surface area contributed by atoms with Crippen LogP contribution in [0.1, 0.15) is 0 Å². The first kappa shape index (κ1) is 30.4. The van der Waals surface area contributed by atoms with Gasteiger partial charge in [0.05, 0.1) is 16.9 Å². The van der Waals surface area contributed by atoms with E-state index in [4.69, 9.17) is 4.98 Å². The van der Waals surface area contributed by atoms with Crippen molar-refractivity contribution < 1.29 is 21.1 Å². The fraction of sp³-hybridized carbons (Fsp3) is 0.0455. The summed E-state index contributed by atoms with van der Waals surface area (Å²) in [6, 6.07) is 57.1. The Kier molecular flexibility index (Phi) is 7.15. The van der Waals surface area contributed by atoms with Gasteiger partial charge in [-0.1, -0.05) is 102 Å². The number of benzene rings is 7. The molecule has 9 aromatic rings. The van der Waals surface area contributed by atoms with E-state index in [-0.39, 0.29) is 21.1 Å². The molecule has 50 heavy (non-hydrogen) atoms. The number of fused-ring (bicyclic) bond motifs is 7. The van der Waals surface area contributed by atoms with Crippen LogP contribution in [0.4, 0.5) is 17.1 Å². The van der Waals surface area contributed by atoms with Gasteiger partial charge in [0.2, 0.25) is 0 Å². The topological polar surface area (TPSA) is 29.2 Å². The molecule has 0 saturated heterocycles. The zero-order valence-electron chi connectivity index (χ0n) is 27.4. The average Bonchev–Trinajstić information content (AvgIpc) is 3.80. The third-order valence-corrected chi connectivity index (χ3v) is 9.86. The Morgan fingerprint density at radius 3 is 2.22 bits per heavy atom. The molecule has 0 unspecified atom stereocenters. The van der Waals surface area contributed by atoms with E-state index in [1.165, 1.54) is 16.2 Å². The van der Waals surface area contributed by atoms with Gasteiger partial charge in [0.1, 0.15) is 0 Å². The maximum absolute atomic E-state index is 5.12. The average molecular weight is 824 g/mol. The Labute approximate surface area is 304 Å². The second-order valence-electron chi connectivity index (χ2n) is 12.7. The van der Waals surface area contributed by atoms with E-state index in [0.29, 0.717) is 0 Å². The van der Waals surface area contributed by atoms with Gasteiger partial charge in [-0.15, -0.1) is 41.6 Å². The third-order valence-electron chi connectivity index (χ3n) is 9.86. The number of aryl methyl sites for hydroxylation is 1. The van der Waals surface area contributed by atoms with E-state index in [0.717, 1.165) is 72.7 Å². The van der Waals surface area contributed by atoms with Crippen LogP contribution in [-0.2, 0) is 28.1 Å². The van der Waals surface area contributed by atoms with Crippen molar-refractivity contribution in [3.8, 4) is 28.2 Å². The van der Waals surface area contributed by atoms with Gasteiger partial charge in [0, 0.05) is 45.0 Å². The van der Waals surface area contributed by atoms with Crippen molar-refractivity contribution in [2.45, 2.75) is 0 Å². The number of hydrogen-bond donors (Lipinski definition) is 0. The van der Waals surface area contributed by atoms with Gasteiger partial charge < -0.3 is 18.9 Å². The maximum atomic E-state index is 5.12. The van der Waals surface area contributed by atoms with Crippen LogP contribution in [0.3, 0.4) is 0 Å². The number of para-hydroxylation sites is 4. The van der Waals surface area contributed by atoms with Gasteiger partial charge in [0.15, 0.2) is 0 Å². The molecule has 6 heteroatoms. The van der Waals surface area contributed by atoms with Gasteiger partial charge in [-0.3, -0.25) is 4.98 Å². The maximum Gasteiger partial charge on any atom is 0.0770 e. The first-order chi connectivity index (χ1) is 24.1. The molecule has 5 nitrogen and oxygen atoms in total. The van der Waals surface area contributed by atoms with Crippen molar-refractivity contribution in [2.75, 3.05) is 16.8 Å². The molecule has 0 saturated carbocycles. The third kappa shape index (κ3) is 4.54. The molecule has 0 radical (unpaired) electrons.